The predicted molar refractivity (Wildman–Crippen MR) is 73.2 cm³/mol. The van der Waals surface area contributed by atoms with Crippen LogP contribution in [0.4, 0.5) is 0 Å². The van der Waals surface area contributed by atoms with Gasteiger partial charge in [-0.15, -0.1) is 0 Å². The van der Waals surface area contributed by atoms with Crippen molar-refractivity contribution in [2.24, 2.45) is 11.8 Å². The molecule has 0 unspecified atom stereocenters. The molecule has 2 aliphatic rings. The van der Waals surface area contributed by atoms with Gasteiger partial charge in [0, 0.05) is 18.7 Å². The van der Waals surface area contributed by atoms with Crippen molar-refractivity contribution in [2.75, 3.05) is 26.2 Å². The van der Waals surface area contributed by atoms with E-state index in [1.807, 2.05) is 24.8 Å². The van der Waals surface area contributed by atoms with E-state index in [0.717, 1.165) is 62.2 Å². The van der Waals surface area contributed by atoms with Crippen LogP contribution < -0.4 is 5.32 Å². The molecule has 0 spiro atoms. The van der Waals surface area contributed by atoms with Crippen molar-refractivity contribution < 1.29 is 9.21 Å². The van der Waals surface area contributed by atoms with Gasteiger partial charge in [0.2, 0.25) is 0 Å². The minimum absolute atomic E-state index is 0.0681. The molecule has 1 N–H and O–H groups in total. The molecule has 0 bridgehead atoms. The number of hydrogen-bond acceptors (Lipinski definition) is 3. The Hall–Kier alpha value is -1.29. The Morgan fingerprint density at radius 1 is 1.26 bits per heavy atom. The Morgan fingerprint density at radius 3 is 2.42 bits per heavy atom. The third-order valence-corrected chi connectivity index (χ3v) is 4.54. The zero-order valence-corrected chi connectivity index (χ0v) is 11.7. The molecule has 3 rings (SSSR count). The van der Waals surface area contributed by atoms with Gasteiger partial charge in [0.05, 0.1) is 0 Å². The van der Waals surface area contributed by atoms with Crippen LogP contribution in [0.1, 0.15) is 34.7 Å². The smallest absolute Gasteiger partial charge is 0.289 e. The number of carbonyl (C=O) groups excluding carboxylic acids is 1. The first-order valence-electron chi connectivity index (χ1n) is 7.22. The van der Waals surface area contributed by atoms with Gasteiger partial charge < -0.3 is 14.6 Å². The molecular formula is C15H22N2O2. The van der Waals surface area contributed by atoms with E-state index in [9.17, 15) is 4.79 Å². The lowest BCUT2D eigenvalue weighted by Crippen LogP contribution is -2.32. The van der Waals surface area contributed by atoms with Gasteiger partial charge in [-0.25, -0.2) is 0 Å². The lowest BCUT2D eigenvalue weighted by Gasteiger charge is -2.20. The molecule has 4 heteroatoms. The normalized spacial score (nSPS) is 27.2. The average Bonchev–Trinajstić information content (AvgIpc) is 2.90. The van der Waals surface area contributed by atoms with Crippen molar-refractivity contribution in [1.82, 2.24) is 10.2 Å². The van der Waals surface area contributed by atoms with E-state index in [1.165, 1.54) is 0 Å². The average molecular weight is 262 g/mol. The number of amides is 1. The molecule has 2 fully saturated rings. The third kappa shape index (κ3) is 2.41. The van der Waals surface area contributed by atoms with Crippen molar-refractivity contribution in [3.63, 3.8) is 0 Å². The lowest BCUT2D eigenvalue weighted by atomic mass is 9.92. The van der Waals surface area contributed by atoms with Crippen molar-refractivity contribution in [2.45, 2.75) is 26.7 Å². The topological polar surface area (TPSA) is 45.5 Å². The fourth-order valence-corrected chi connectivity index (χ4v) is 3.42. The first-order chi connectivity index (χ1) is 9.15. The predicted octanol–water partition coefficient (Wildman–Crippen LogP) is 1.97. The van der Waals surface area contributed by atoms with Crippen LogP contribution in [0.3, 0.4) is 0 Å². The van der Waals surface area contributed by atoms with Crippen LogP contribution in [-0.4, -0.2) is 37.0 Å². The highest BCUT2D eigenvalue weighted by Crippen LogP contribution is 2.28. The van der Waals surface area contributed by atoms with E-state index in [1.54, 1.807) is 0 Å². The minimum Gasteiger partial charge on any atom is -0.456 e. The van der Waals surface area contributed by atoms with Gasteiger partial charge in [-0.1, -0.05) is 0 Å². The summed E-state index contributed by atoms with van der Waals surface area (Å²) in [6.45, 7) is 7.79. The van der Waals surface area contributed by atoms with Gasteiger partial charge in [0.1, 0.15) is 5.76 Å². The molecule has 2 atom stereocenters. The van der Waals surface area contributed by atoms with Gasteiger partial charge in [-0.3, -0.25) is 4.79 Å². The molecule has 3 heterocycles. The maximum Gasteiger partial charge on any atom is 0.289 e. The van der Waals surface area contributed by atoms with Crippen LogP contribution in [0.2, 0.25) is 0 Å². The fourth-order valence-electron chi connectivity index (χ4n) is 3.42. The summed E-state index contributed by atoms with van der Waals surface area (Å²) >= 11 is 0. The summed E-state index contributed by atoms with van der Waals surface area (Å²) in [5.41, 5.74) is 0.952. The van der Waals surface area contributed by atoms with Crippen LogP contribution in [-0.2, 0) is 0 Å². The second-order valence-corrected chi connectivity index (χ2v) is 5.92. The summed E-state index contributed by atoms with van der Waals surface area (Å²) in [5, 5.41) is 3.46. The molecule has 0 saturated carbocycles. The molecule has 0 radical (unpaired) electrons. The Balaban J connectivity index is 1.72. The standard InChI is InChI=1S/C15H22N2O2/c1-10-7-11(2)19-14(10)15(18)17-5-3-12-8-16-9-13(12)4-6-17/h7,12-13,16H,3-6,8-9H2,1-2H3/t12-,13+. The Kier molecular flexibility index (Phi) is 3.35. The Morgan fingerprint density at radius 2 is 1.89 bits per heavy atom. The van der Waals surface area contributed by atoms with Crippen molar-refractivity contribution in [3.8, 4) is 0 Å². The lowest BCUT2D eigenvalue weighted by molar-refractivity contribution is 0.0724. The molecule has 1 aromatic heterocycles. The summed E-state index contributed by atoms with van der Waals surface area (Å²) < 4.78 is 5.56. The monoisotopic (exact) mass is 262 g/mol. The van der Waals surface area contributed by atoms with Crippen LogP contribution >= 0.6 is 0 Å². The minimum atomic E-state index is 0.0681. The second kappa shape index (κ2) is 5.00. The number of carbonyl (C=O) groups is 1. The number of rotatable bonds is 1. The molecule has 104 valence electrons. The highest BCUT2D eigenvalue weighted by atomic mass is 16.4. The number of likely N-dealkylation sites (tertiary alicyclic amines) is 1. The van der Waals surface area contributed by atoms with Gasteiger partial charge in [0.25, 0.3) is 5.91 Å². The SMILES string of the molecule is Cc1cc(C)c(C(=O)N2CC[C@@H]3CNC[C@@H]3CC2)o1. The first-order valence-corrected chi connectivity index (χ1v) is 7.22. The van der Waals surface area contributed by atoms with Gasteiger partial charge in [-0.2, -0.15) is 0 Å². The van der Waals surface area contributed by atoms with E-state index in [-0.39, 0.29) is 5.91 Å². The van der Waals surface area contributed by atoms with Gasteiger partial charge in [0.15, 0.2) is 5.76 Å². The van der Waals surface area contributed by atoms with E-state index >= 15 is 0 Å². The number of nitrogens with zero attached hydrogens (tertiary/aromatic N) is 1. The molecular weight excluding hydrogens is 240 g/mol. The number of aryl methyl sites for hydroxylation is 2. The number of nitrogens with one attached hydrogen (secondary N) is 1. The van der Waals surface area contributed by atoms with Crippen molar-refractivity contribution in [1.29, 1.82) is 0 Å². The largest absolute Gasteiger partial charge is 0.456 e. The second-order valence-electron chi connectivity index (χ2n) is 5.92. The number of fused-ring (bicyclic) bond motifs is 1. The van der Waals surface area contributed by atoms with Gasteiger partial charge in [-0.05, 0) is 57.7 Å². The molecule has 4 nitrogen and oxygen atoms in total. The maximum absolute atomic E-state index is 12.5. The van der Waals surface area contributed by atoms with Gasteiger partial charge >= 0.3 is 0 Å². The zero-order chi connectivity index (χ0) is 13.4. The van der Waals surface area contributed by atoms with E-state index in [2.05, 4.69) is 5.32 Å². The summed E-state index contributed by atoms with van der Waals surface area (Å²) in [7, 11) is 0. The molecule has 19 heavy (non-hydrogen) atoms. The Bertz CT molecular complexity index is 466. The molecule has 1 aromatic rings. The highest BCUT2D eigenvalue weighted by Gasteiger charge is 2.32. The van der Waals surface area contributed by atoms with E-state index in [0.29, 0.717) is 5.76 Å². The van der Waals surface area contributed by atoms with E-state index < -0.39 is 0 Å². The van der Waals surface area contributed by atoms with Crippen LogP contribution in [0.25, 0.3) is 0 Å². The summed E-state index contributed by atoms with van der Waals surface area (Å²) in [6, 6.07) is 1.93. The molecule has 0 aliphatic carbocycles. The Labute approximate surface area is 114 Å². The van der Waals surface area contributed by atoms with Crippen LogP contribution in [0, 0.1) is 25.7 Å². The van der Waals surface area contributed by atoms with Crippen molar-refractivity contribution in [3.05, 3.63) is 23.2 Å². The van der Waals surface area contributed by atoms with E-state index in [4.69, 9.17) is 4.42 Å². The summed E-state index contributed by atoms with van der Waals surface area (Å²) in [5.74, 6) is 2.91. The maximum atomic E-state index is 12.5. The van der Waals surface area contributed by atoms with Crippen LogP contribution in [0.15, 0.2) is 10.5 Å². The highest BCUT2D eigenvalue weighted by molar-refractivity contribution is 5.93. The number of hydrogen-bond donors (Lipinski definition) is 1. The van der Waals surface area contributed by atoms with Crippen molar-refractivity contribution >= 4 is 5.91 Å². The summed E-state index contributed by atoms with van der Waals surface area (Å²) in [4.78, 5) is 14.5. The molecule has 2 saturated heterocycles. The summed E-state index contributed by atoms with van der Waals surface area (Å²) in [6.07, 6.45) is 2.23. The molecule has 2 aliphatic heterocycles. The zero-order valence-electron chi connectivity index (χ0n) is 11.7. The fraction of sp³-hybridized carbons (Fsp3) is 0.667. The van der Waals surface area contributed by atoms with Crippen LogP contribution in [0.5, 0.6) is 0 Å². The molecule has 1 amide bonds. The quantitative estimate of drug-likeness (QED) is 0.841. The third-order valence-electron chi connectivity index (χ3n) is 4.54. The first kappa shape index (κ1) is 12.7. The molecule has 0 aromatic carbocycles. The number of furan rings is 1.